The zero-order valence-electron chi connectivity index (χ0n) is 10.7. The number of halogens is 1. The van der Waals surface area contributed by atoms with Crippen molar-refractivity contribution in [2.75, 3.05) is 33.4 Å². The Morgan fingerprint density at radius 2 is 2.39 bits per heavy atom. The van der Waals surface area contributed by atoms with E-state index < -0.39 is 0 Å². The van der Waals surface area contributed by atoms with Gasteiger partial charge in [-0.15, -0.1) is 0 Å². The van der Waals surface area contributed by atoms with E-state index in [1.54, 1.807) is 7.11 Å². The third kappa shape index (κ3) is 3.79. The van der Waals surface area contributed by atoms with Crippen LogP contribution in [0, 0.1) is 5.92 Å². The monoisotopic (exact) mass is 313 g/mol. The van der Waals surface area contributed by atoms with Crippen LogP contribution in [0.5, 0.6) is 0 Å². The van der Waals surface area contributed by atoms with Gasteiger partial charge >= 0.3 is 0 Å². The van der Waals surface area contributed by atoms with E-state index in [1.807, 2.05) is 6.07 Å². The van der Waals surface area contributed by atoms with Crippen molar-refractivity contribution in [1.82, 2.24) is 5.32 Å². The lowest BCUT2D eigenvalue weighted by molar-refractivity contribution is 0.0898. The van der Waals surface area contributed by atoms with Crippen LogP contribution in [0.2, 0.25) is 0 Å². The molecule has 0 bridgehead atoms. The van der Waals surface area contributed by atoms with Gasteiger partial charge in [0.1, 0.15) is 0 Å². The largest absolute Gasteiger partial charge is 0.383 e. The smallest absolute Gasteiger partial charge is 0.0866 e. The summed E-state index contributed by atoms with van der Waals surface area (Å²) in [6.07, 6.45) is 1.34. The molecule has 1 aromatic carbocycles. The van der Waals surface area contributed by atoms with Crippen LogP contribution < -0.4 is 5.32 Å². The lowest BCUT2D eigenvalue weighted by Crippen LogP contribution is -2.27. The molecule has 0 amide bonds. The number of hydrogen-bond acceptors (Lipinski definition) is 3. The minimum atomic E-state index is 0.220. The first-order valence-corrected chi connectivity index (χ1v) is 7.17. The number of benzene rings is 1. The van der Waals surface area contributed by atoms with Crippen LogP contribution in [-0.4, -0.2) is 33.4 Å². The molecule has 1 aliphatic heterocycles. The molecular formula is C14H20BrNO2. The Bertz CT molecular complexity index is 373. The first-order chi connectivity index (χ1) is 8.81. The molecular weight excluding hydrogens is 294 g/mol. The normalized spacial score (nSPS) is 23.4. The van der Waals surface area contributed by atoms with Gasteiger partial charge in [0, 0.05) is 37.2 Å². The Hall–Kier alpha value is -0.420. The topological polar surface area (TPSA) is 30.5 Å². The third-order valence-electron chi connectivity index (χ3n) is 3.28. The van der Waals surface area contributed by atoms with Gasteiger partial charge in [-0.2, -0.15) is 0 Å². The lowest BCUT2D eigenvalue weighted by atomic mass is 9.95. The van der Waals surface area contributed by atoms with Gasteiger partial charge in [0.25, 0.3) is 0 Å². The van der Waals surface area contributed by atoms with E-state index in [1.165, 1.54) is 5.56 Å². The number of nitrogens with one attached hydrogen (secondary N) is 1. The van der Waals surface area contributed by atoms with Crippen molar-refractivity contribution in [3.63, 3.8) is 0 Å². The molecule has 18 heavy (non-hydrogen) atoms. The Morgan fingerprint density at radius 3 is 3.17 bits per heavy atom. The predicted molar refractivity (Wildman–Crippen MR) is 75.7 cm³/mol. The summed E-state index contributed by atoms with van der Waals surface area (Å²) in [5.41, 5.74) is 1.26. The Morgan fingerprint density at radius 1 is 1.50 bits per heavy atom. The molecule has 0 saturated carbocycles. The summed E-state index contributed by atoms with van der Waals surface area (Å²) >= 11 is 3.51. The van der Waals surface area contributed by atoms with Gasteiger partial charge in [-0.25, -0.2) is 0 Å². The molecule has 1 saturated heterocycles. The van der Waals surface area contributed by atoms with Crippen LogP contribution in [0.1, 0.15) is 18.1 Å². The van der Waals surface area contributed by atoms with E-state index in [0.29, 0.717) is 5.92 Å². The second-order valence-electron chi connectivity index (χ2n) is 4.59. The minimum absolute atomic E-state index is 0.220. The van der Waals surface area contributed by atoms with Gasteiger partial charge in [-0.05, 0) is 24.1 Å². The molecule has 1 fully saturated rings. The average Bonchev–Trinajstić information content (AvgIpc) is 2.83. The molecule has 4 heteroatoms. The molecule has 2 rings (SSSR count). The van der Waals surface area contributed by atoms with Crippen molar-refractivity contribution in [3.8, 4) is 0 Å². The first kappa shape index (κ1) is 14.0. The highest BCUT2D eigenvalue weighted by Gasteiger charge is 2.29. The van der Waals surface area contributed by atoms with Crippen molar-refractivity contribution in [3.05, 3.63) is 34.3 Å². The Labute approximate surface area is 117 Å². The van der Waals surface area contributed by atoms with Gasteiger partial charge < -0.3 is 14.8 Å². The summed E-state index contributed by atoms with van der Waals surface area (Å²) in [4.78, 5) is 0. The zero-order chi connectivity index (χ0) is 12.8. The third-order valence-corrected chi connectivity index (χ3v) is 3.77. The van der Waals surface area contributed by atoms with Crippen LogP contribution >= 0.6 is 15.9 Å². The number of hydrogen-bond donors (Lipinski definition) is 1. The summed E-state index contributed by atoms with van der Waals surface area (Å²) in [5, 5.41) is 3.43. The molecule has 0 radical (unpaired) electrons. The van der Waals surface area contributed by atoms with Crippen LogP contribution in [0.3, 0.4) is 0 Å². The van der Waals surface area contributed by atoms with Crippen LogP contribution in [0.15, 0.2) is 28.7 Å². The van der Waals surface area contributed by atoms with E-state index in [9.17, 15) is 0 Å². The number of methoxy groups -OCH3 is 1. The van der Waals surface area contributed by atoms with Crippen molar-refractivity contribution in [2.45, 2.75) is 12.5 Å². The highest BCUT2D eigenvalue weighted by Crippen LogP contribution is 2.34. The summed E-state index contributed by atoms with van der Waals surface area (Å²) < 4.78 is 12.0. The number of ether oxygens (including phenoxy) is 2. The molecule has 3 nitrogen and oxygen atoms in total. The molecule has 0 spiro atoms. The SMILES string of the molecule is COCCNCC1CCOC1c1cccc(Br)c1. The van der Waals surface area contributed by atoms with Gasteiger partial charge in [-0.3, -0.25) is 0 Å². The van der Waals surface area contributed by atoms with Crippen LogP contribution in [0.4, 0.5) is 0 Å². The molecule has 0 aliphatic carbocycles. The van der Waals surface area contributed by atoms with Gasteiger partial charge in [0.15, 0.2) is 0 Å². The minimum Gasteiger partial charge on any atom is -0.383 e. The molecule has 1 aliphatic rings. The van der Waals surface area contributed by atoms with Crippen LogP contribution in [-0.2, 0) is 9.47 Å². The molecule has 2 atom stereocenters. The Balaban J connectivity index is 1.91. The fraction of sp³-hybridized carbons (Fsp3) is 0.571. The van der Waals surface area contributed by atoms with E-state index in [-0.39, 0.29) is 6.10 Å². The lowest BCUT2D eigenvalue weighted by Gasteiger charge is -2.19. The predicted octanol–water partition coefficient (Wildman–Crippen LogP) is 2.76. The van der Waals surface area contributed by atoms with Gasteiger partial charge in [0.2, 0.25) is 0 Å². The quantitative estimate of drug-likeness (QED) is 0.819. The van der Waals surface area contributed by atoms with Crippen molar-refractivity contribution in [2.24, 2.45) is 5.92 Å². The fourth-order valence-electron chi connectivity index (χ4n) is 2.36. The fourth-order valence-corrected chi connectivity index (χ4v) is 2.77. The van der Waals surface area contributed by atoms with Crippen molar-refractivity contribution < 1.29 is 9.47 Å². The first-order valence-electron chi connectivity index (χ1n) is 6.38. The van der Waals surface area contributed by atoms with Crippen molar-refractivity contribution >= 4 is 15.9 Å². The average molecular weight is 314 g/mol. The molecule has 2 unspecified atom stereocenters. The second-order valence-corrected chi connectivity index (χ2v) is 5.51. The molecule has 100 valence electrons. The summed E-state index contributed by atoms with van der Waals surface area (Å²) in [6.45, 7) is 3.50. The van der Waals surface area contributed by atoms with Crippen LogP contribution in [0.25, 0.3) is 0 Å². The number of rotatable bonds is 6. The summed E-state index contributed by atoms with van der Waals surface area (Å²) in [5.74, 6) is 0.552. The summed E-state index contributed by atoms with van der Waals surface area (Å²) in [6, 6.07) is 8.40. The van der Waals surface area contributed by atoms with E-state index in [0.717, 1.165) is 37.2 Å². The molecule has 1 N–H and O–H groups in total. The molecule has 0 aromatic heterocycles. The standard InChI is InChI=1S/C14H20BrNO2/c1-17-8-6-16-10-12-5-7-18-14(12)11-3-2-4-13(15)9-11/h2-4,9,12,14,16H,5-8,10H2,1H3. The molecule has 1 heterocycles. The maximum absolute atomic E-state index is 5.87. The highest BCUT2D eigenvalue weighted by atomic mass is 79.9. The van der Waals surface area contributed by atoms with Gasteiger partial charge in [0.05, 0.1) is 12.7 Å². The van der Waals surface area contributed by atoms with E-state index in [2.05, 4.69) is 39.4 Å². The molecule has 1 aromatic rings. The maximum Gasteiger partial charge on any atom is 0.0866 e. The maximum atomic E-state index is 5.87. The van der Waals surface area contributed by atoms with Gasteiger partial charge in [-0.1, -0.05) is 28.1 Å². The second kappa shape index (κ2) is 7.24. The van der Waals surface area contributed by atoms with E-state index in [4.69, 9.17) is 9.47 Å². The highest BCUT2D eigenvalue weighted by molar-refractivity contribution is 9.10. The Kier molecular flexibility index (Phi) is 5.63. The van der Waals surface area contributed by atoms with Crippen molar-refractivity contribution in [1.29, 1.82) is 0 Å². The summed E-state index contributed by atoms with van der Waals surface area (Å²) in [7, 11) is 1.73. The van der Waals surface area contributed by atoms with E-state index >= 15 is 0 Å². The zero-order valence-corrected chi connectivity index (χ0v) is 12.3.